The Kier molecular flexibility index (Phi) is 6.82. The van der Waals surface area contributed by atoms with Crippen LogP contribution in [0, 0.1) is 13.8 Å². The van der Waals surface area contributed by atoms with Gasteiger partial charge in [0.25, 0.3) is 5.91 Å². The summed E-state index contributed by atoms with van der Waals surface area (Å²) in [6, 6.07) is 0. The summed E-state index contributed by atoms with van der Waals surface area (Å²) in [5.41, 5.74) is 2.50. The Labute approximate surface area is 153 Å². The standard InChI is InChI=1S/C14H19ClN4OS3/c1-8-11(15)9(2)19(17-8)7-5-6-16-12(20)10-13(21-3)18-23-14(10)22-4/h5-7H2,1-4H3,(H,16,20). The Hall–Kier alpha value is -0.700. The molecule has 0 unspecified atom stereocenters. The van der Waals surface area contributed by atoms with E-state index in [4.69, 9.17) is 11.6 Å². The van der Waals surface area contributed by atoms with Crippen molar-refractivity contribution in [2.24, 2.45) is 0 Å². The van der Waals surface area contributed by atoms with E-state index in [0.29, 0.717) is 17.1 Å². The second-order valence-electron chi connectivity index (χ2n) is 4.88. The second-order valence-corrected chi connectivity index (χ2v) is 7.90. The van der Waals surface area contributed by atoms with Gasteiger partial charge in [-0.2, -0.15) is 9.47 Å². The molecule has 0 spiro atoms. The third-order valence-electron chi connectivity index (χ3n) is 3.36. The lowest BCUT2D eigenvalue weighted by Gasteiger charge is -2.07. The van der Waals surface area contributed by atoms with Gasteiger partial charge in [-0.1, -0.05) is 11.6 Å². The largest absolute Gasteiger partial charge is 0.352 e. The molecule has 1 N–H and O–H groups in total. The fourth-order valence-corrected chi connectivity index (χ4v) is 4.56. The summed E-state index contributed by atoms with van der Waals surface area (Å²) in [5.74, 6) is -0.0566. The molecule has 126 valence electrons. The van der Waals surface area contributed by atoms with Crippen LogP contribution >= 0.6 is 46.7 Å². The summed E-state index contributed by atoms with van der Waals surface area (Å²) in [7, 11) is 0. The minimum absolute atomic E-state index is 0.0566. The van der Waals surface area contributed by atoms with Crippen molar-refractivity contribution < 1.29 is 4.79 Å². The molecule has 0 fully saturated rings. The SMILES string of the molecule is CSc1nsc(SC)c1C(=O)NCCCn1nc(C)c(Cl)c1C. The number of thioether (sulfide) groups is 2. The fraction of sp³-hybridized carbons (Fsp3) is 0.500. The molecule has 0 aromatic carbocycles. The van der Waals surface area contributed by atoms with Crippen molar-refractivity contribution >= 4 is 52.6 Å². The molecule has 0 atom stereocenters. The van der Waals surface area contributed by atoms with E-state index in [-0.39, 0.29) is 5.91 Å². The van der Waals surface area contributed by atoms with Crippen molar-refractivity contribution in [1.82, 2.24) is 19.5 Å². The van der Waals surface area contributed by atoms with Crippen LogP contribution in [0.3, 0.4) is 0 Å². The molecular formula is C14H19ClN4OS3. The molecule has 0 saturated carbocycles. The number of rotatable bonds is 7. The van der Waals surface area contributed by atoms with Crippen LogP contribution in [0.1, 0.15) is 28.2 Å². The zero-order valence-electron chi connectivity index (χ0n) is 13.5. The van der Waals surface area contributed by atoms with Crippen molar-refractivity contribution in [3.05, 3.63) is 22.0 Å². The van der Waals surface area contributed by atoms with Gasteiger partial charge in [0.05, 0.1) is 26.2 Å². The Morgan fingerprint density at radius 3 is 2.65 bits per heavy atom. The normalized spacial score (nSPS) is 11.0. The van der Waals surface area contributed by atoms with Gasteiger partial charge in [-0.25, -0.2) is 0 Å². The van der Waals surface area contributed by atoms with E-state index in [1.54, 1.807) is 11.8 Å². The smallest absolute Gasteiger partial charge is 0.256 e. The quantitative estimate of drug-likeness (QED) is 0.574. The Balaban J connectivity index is 1.90. The molecule has 5 nitrogen and oxygen atoms in total. The van der Waals surface area contributed by atoms with E-state index < -0.39 is 0 Å². The lowest BCUT2D eigenvalue weighted by atomic mass is 10.3. The van der Waals surface area contributed by atoms with E-state index in [2.05, 4.69) is 14.8 Å². The first-order valence-electron chi connectivity index (χ1n) is 7.05. The van der Waals surface area contributed by atoms with Gasteiger partial charge in [0.2, 0.25) is 0 Å². The van der Waals surface area contributed by atoms with Crippen LogP contribution in [-0.2, 0) is 6.54 Å². The average Bonchev–Trinajstić information content (AvgIpc) is 3.08. The summed E-state index contributed by atoms with van der Waals surface area (Å²) >= 11 is 10.6. The van der Waals surface area contributed by atoms with E-state index in [9.17, 15) is 4.79 Å². The molecule has 0 bridgehead atoms. The van der Waals surface area contributed by atoms with Crippen molar-refractivity contribution in [1.29, 1.82) is 0 Å². The molecule has 1 amide bonds. The number of hydrogen-bond acceptors (Lipinski definition) is 6. The number of aryl methyl sites for hydroxylation is 2. The zero-order valence-corrected chi connectivity index (χ0v) is 16.7. The van der Waals surface area contributed by atoms with Crippen LogP contribution in [0.2, 0.25) is 5.02 Å². The number of amides is 1. The van der Waals surface area contributed by atoms with Gasteiger partial charge < -0.3 is 5.32 Å². The highest BCUT2D eigenvalue weighted by Crippen LogP contribution is 2.32. The van der Waals surface area contributed by atoms with Crippen LogP contribution in [0.15, 0.2) is 9.24 Å². The molecule has 2 aromatic rings. The molecule has 2 rings (SSSR count). The van der Waals surface area contributed by atoms with Crippen molar-refractivity contribution in [3.8, 4) is 0 Å². The van der Waals surface area contributed by atoms with Crippen molar-refractivity contribution in [2.75, 3.05) is 19.1 Å². The van der Waals surface area contributed by atoms with Gasteiger partial charge in [0.1, 0.15) is 5.03 Å². The third-order valence-corrected chi connectivity index (χ3v) is 6.65. The molecule has 2 heterocycles. The predicted octanol–water partition coefficient (Wildman–Crippen LogP) is 3.87. The first-order valence-corrected chi connectivity index (χ1v) is 10.6. The third kappa shape index (κ3) is 4.23. The number of hydrogen-bond donors (Lipinski definition) is 1. The summed E-state index contributed by atoms with van der Waals surface area (Å²) in [5, 5.41) is 8.87. The average molecular weight is 391 g/mol. The number of carbonyl (C=O) groups excluding carboxylic acids is 1. The van der Waals surface area contributed by atoms with Gasteiger partial charge >= 0.3 is 0 Å². The van der Waals surface area contributed by atoms with E-state index in [0.717, 1.165) is 33.6 Å². The van der Waals surface area contributed by atoms with Crippen LogP contribution in [0.4, 0.5) is 0 Å². The van der Waals surface area contributed by atoms with Crippen molar-refractivity contribution in [3.63, 3.8) is 0 Å². The Morgan fingerprint density at radius 2 is 2.09 bits per heavy atom. The van der Waals surface area contributed by atoms with Gasteiger partial charge in [-0.15, -0.1) is 23.5 Å². The molecule has 0 radical (unpaired) electrons. The van der Waals surface area contributed by atoms with E-state index >= 15 is 0 Å². The summed E-state index contributed by atoms with van der Waals surface area (Å²) in [6.07, 6.45) is 4.69. The first kappa shape index (κ1) is 18.6. The molecule has 2 aromatic heterocycles. The zero-order chi connectivity index (χ0) is 17.0. The van der Waals surface area contributed by atoms with Crippen LogP contribution < -0.4 is 5.32 Å². The lowest BCUT2D eigenvalue weighted by Crippen LogP contribution is -2.26. The molecule has 0 aliphatic carbocycles. The van der Waals surface area contributed by atoms with E-state index in [1.165, 1.54) is 23.3 Å². The topological polar surface area (TPSA) is 59.8 Å². The Bertz CT molecular complexity index is 677. The number of halogens is 1. The minimum Gasteiger partial charge on any atom is -0.352 e. The highest BCUT2D eigenvalue weighted by atomic mass is 35.5. The maximum absolute atomic E-state index is 12.4. The van der Waals surface area contributed by atoms with Gasteiger partial charge in [0, 0.05) is 13.1 Å². The number of carbonyl (C=O) groups is 1. The van der Waals surface area contributed by atoms with Crippen molar-refractivity contribution in [2.45, 2.75) is 36.0 Å². The number of nitrogens with zero attached hydrogens (tertiary/aromatic N) is 3. The highest BCUT2D eigenvalue weighted by molar-refractivity contribution is 8.01. The van der Waals surface area contributed by atoms with Crippen LogP contribution in [0.5, 0.6) is 0 Å². The van der Waals surface area contributed by atoms with Gasteiger partial charge in [0.15, 0.2) is 0 Å². The number of aromatic nitrogens is 3. The highest BCUT2D eigenvalue weighted by Gasteiger charge is 2.19. The van der Waals surface area contributed by atoms with E-state index in [1.807, 2.05) is 31.0 Å². The monoisotopic (exact) mass is 390 g/mol. The second kappa shape index (κ2) is 8.41. The summed E-state index contributed by atoms with van der Waals surface area (Å²) < 4.78 is 7.16. The number of nitrogens with one attached hydrogen (secondary N) is 1. The molecule has 9 heteroatoms. The van der Waals surface area contributed by atoms with Crippen LogP contribution in [-0.4, -0.2) is 39.1 Å². The maximum atomic E-state index is 12.4. The van der Waals surface area contributed by atoms with Gasteiger partial charge in [-0.05, 0) is 44.3 Å². The maximum Gasteiger partial charge on any atom is 0.256 e. The molecule has 23 heavy (non-hydrogen) atoms. The predicted molar refractivity (Wildman–Crippen MR) is 99.3 cm³/mol. The summed E-state index contributed by atoms with van der Waals surface area (Å²) in [6.45, 7) is 5.16. The Morgan fingerprint density at radius 1 is 1.35 bits per heavy atom. The van der Waals surface area contributed by atoms with Gasteiger partial charge in [-0.3, -0.25) is 9.48 Å². The minimum atomic E-state index is -0.0566. The fourth-order valence-electron chi connectivity index (χ4n) is 2.14. The summed E-state index contributed by atoms with van der Waals surface area (Å²) in [4.78, 5) is 12.4. The lowest BCUT2D eigenvalue weighted by molar-refractivity contribution is 0.0947. The van der Waals surface area contributed by atoms with Crippen LogP contribution in [0.25, 0.3) is 0 Å². The molecule has 0 aliphatic rings. The molecule has 0 saturated heterocycles. The molecular weight excluding hydrogens is 372 g/mol. The first-order chi connectivity index (χ1) is 11.0. The molecule has 0 aliphatic heterocycles.